The van der Waals surface area contributed by atoms with Gasteiger partial charge < -0.3 is 15.4 Å². The third-order valence-corrected chi connectivity index (χ3v) is 5.27. The minimum atomic E-state index is -0.634. The Hall–Kier alpha value is -2.89. The summed E-state index contributed by atoms with van der Waals surface area (Å²) < 4.78 is 5.91. The lowest BCUT2D eigenvalue weighted by Gasteiger charge is -2.27. The molecular weight excluding hydrogens is 330 g/mol. The van der Waals surface area contributed by atoms with Gasteiger partial charge in [0.25, 0.3) is 0 Å². The molecule has 2 aromatic rings. The highest BCUT2D eigenvalue weighted by atomic mass is 16.5. The molecule has 6 nitrogen and oxygen atoms in total. The molecule has 1 aromatic heterocycles. The quantitative estimate of drug-likeness (QED) is 0.887. The van der Waals surface area contributed by atoms with Crippen LogP contribution in [0.5, 0.6) is 5.75 Å². The Morgan fingerprint density at radius 2 is 1.92 bits per heavy atom. The molecule has 0 unspecified atom stereocenters. The first-order chi connectivity index (χ1) is 12.6. The van der Waals surface area contributed by atoms with Crippen molar-refractivity contribution < 1.29 is 14.3 Å². The summed E-state index contributed by atoms with van der Waals surface area (Å²) in [6.07, 6.45) is 5.02. The topological polar surface area (TPSA) is 85.5 Å². The van der Waals surface area contributed by atoms with Gasteiger partial charge in [-0.2, -0.15) is 0 Å². The number of nitrogens with zero attached hydrogens (tertiary/aromatic N) is 2. The summed E-state index contributed by atoms with van der Waals surface area (Å²) in [4.78, 5) is 30.9. The second-order valence-electron chi connectivity index (χ2n) is 6.99. The molecule has 0 spiro atoms. The fourth-order valence-electron chi connectivity index (χ4n) is 3.77. The number of primary amides is 1. The number of hydrogen-bond acceptors (Lipinski definition) is 4. The Bertz CT molecular complexity index is 806. The van der Waals surface area contributed by atoms with Crippen LogP contribution in [-0.4, -0.2) is 40.4 Å². The van der Waals surface area contributed by atoms with E-state index in [1.807, 2.05) is 36.4 Å². The Kier molecular flexibility index (Phi) is 4.11. The molecule has 1 aliphatic heterocycles. The van der Waals surface area contributed by atoms with Crippen molar-refractivity contribution in [3.05, 3.63) is 60.4 Å². The van der Waals surface area contributed by atoms with Crippen LogP contribution in [0.15, 0.2) is 54.9 Å². The lowest BCUT2D eigenvalue weighted by molar-refractivity contribution is -0.139. The van der Waals surface area contributed by atoms with E-state index in [-0.39, 0.29) is 12.0 Å². The van der Waals surface area contributed by atoms with E-state index in [9.17, 15) is 9.59 Å². The van der Waals surface area contributed by atoms with Gasteiger partial charge in [0.2, 0.25) is 11.8 Å². The molecule has 1 aromatic carbocycles. The van der Waals surface area contributed by atoms with Gasteiger partial charge in [-0.25, -0.2) is 0 Å². The Balaban J connectivity index is 1.54. The summed E-state index contributed by atoms with van der Waals surface area (Å²) in [6, 6.07) is 12.7. The van der Waals surface area contributed by atoms with Crippen LogP contribution in [0, 0.1) is 0 Å². The van der Waals surface area contributed by atoms with Crippen molar-refractivity contribution in [2.45, 2.75) is 36.8 Å². The number of hydrogen-bond donors (Lipinski definition) is 1. The molecule has 2 fully saturated rings. The van der Waals surface area contributed by atoms with Crippen LogP contribution in [-0.2, 0) is 15.0 Å². The fraction of sp³-hybridized carbons (Fsp3) is 0.350. The van der Waals surface area contributed by atoms with Crippen LogP contribution < -0.4 is 10.5 Å². The van der Waals surface area contributed by atoms with Crippen molar-refractivity contribution in [3.63, 3.8) is 0 Å². The average Bonchev–Trinajstić information content (AvgIpc) is 3.37. The molecule has 2 heterocycles. The first-order valence-electron chi connectivity index (χ1n) is 8.83. The van der Waals surface area contributed by atoms with Crippen molar-refractivity contribution >= 4 is 11.8 Å². The molecule has 1 saturated heterocycles. The number of aromatic nitrogens is 1. The van der Waals surface area contributed by atoms with Crippen LogP contribution in [0.1, 0.15) is 24.8 Å². The Morgan fingerprint density at radius 1 is 1.15 bits per heavy atom. The molecule has 26 heavy (non-hydrogen) atoms. The molecule has 1 aliphatic carbocycles. The maximum absolute atomic E-state index is 13.3. The standard InChI is InChI=1S/C20H21N3O3/c21-18(24)17-11-16(26-15-7-4-10-22-12-15)13-23(17)19(25)20(8-9-20)14-5-2-1-3-6-14/h1-7,10,12,16-17H,8-9,11,13H2,(H2,21,24)/t16-,17-/m0/s1. The van der Waals surface area contributed by atoms with Gasteiger partial charge in [-0.3, -0.25) is 14.6 Å². The zero-order chi connectivity index (χ0) is 18.1. The van der Waals surface area contributed by atoms with E-state index in [0.29, 0.717) is 18.7 Å². The van der Waals surface area contributed by atoms with Gasteiger partial charge in [0.15, 0.2) is 0 Å². The molecule has 2 amide bonds. The maximum Gasteiger partial charge on any atom is 0.240 e. The summed E-state index contributed by atoms with van der Waals surface area (Å²) >= 11 is 0. The number of likely N-dealkylation sites (tertiary alicyclic amines) is 1. The second kappa shape index (κ2) is 6.44. The minimum Gasteiger partial charge on any atom is -0.487 e. The van der Waals surface area contributed by atoms with Crippen molar-refractivity contribution in [1.29, 1.82) is 0 Å². The number of nitrogens with two attached hydrogens (primary N) is 1. The van der Waals surface area contributed by atoms with Crippen LogP contribution >= 0.6 is 0 Å². The number of carbonyl (C=O) groups excluding carboxylic acids is 2. The van der Waals surface area contributed by atoms with Gasteiger partial charge in [0.05, 0.1) is 18.2 Å². The predicted octanol–water partition coefficient (Wildman–Crippen LogP) is 1.65. The van der Waals surface area contributed by atoms with Crippen molar-refractivity contribution in [3.8, 4) is 5.75 Å². The zero-order valence-corrected chi connectivity index (χ0v) is 14.4. The van der Waals surface area contributed by atoms with Gasteiger partial charge in [-0.15, -0.1) is 0 Å². The van der Waals surface area contributed by atoms with Crippen LogP contribution in [0.25, 0.3) is 0 Å². The van der Waals surface area contributed by atoms with Gasteiger partial charge in [0, 0.05) is 12.6 Å². The van der Waals surface area contributed by atoms with Gasteiger partial charge in [-0.1, -0.05) is 30.3 Å². The van der Waals surface area contributed by atoms with E-state index >= 15 is 0 Å². The lowest BCUT2D eigenvalue weighted by atomic mass is 9.94. The van der Waals surface area contributed by atoms with Crippen LogP contribution in [0.4, 0.5) is 0 Å². The predicted molar refractivity (Wildman–Crippen MR) is 95.3 cm³/mol. The highest BCUT2D eigenvalue weighted by Gasteiger charge is 2.56. The Morgan fingerprint density at radius 3 is 2.54 bits per heavy atom. The first-order valence-corrected chi connectivity index (χ1v) is 8.83. The number of benzene rings is 1. The summed E-state index contributed by atoms with van der Waals surface area (Å²) in [6.45, 7) is 0.357. The van der Waals surface area contributed by atoms with E-state index in [4.69, 9.17) is 10.5 Å². The monoisotopic (exact) mass is 351 g/mol. The summed E-state index contributed by atoms with van der Waals surface area (Å²) in [5.41, 5.74) is 6.07. The highest BCUT2D eigenvalue weighted by Crippen LogP contribution is 2.50. The number of carbonyl (C=O) groups is 2. The largest absolute Gasteiger partial charge is 0.487 e. The van der Waals surface area contributed by atoms with Gasteiger partial charge >= 0.3 is 0 Å². The smallest absolute Gasteiger partial charge is 0.240 e. The number of amides is 2. The molecule has 2 aliphatic rings. The summed E-state index contributed by atoms with van der Waals surface area (Å²) in [5.74, 6) is 0.114. The minimum absolute atomic E-state index is 0.0233. The number of rotatable bonds is 5. The third-order valence-electron chi connectivity index (χ3n) is 5.27. The highest BCUT2D eigenvalue weighted by molar-refractivity contribution is 5.95. The second-order valence-corrected chi connectivity index (χ2v) is 6.99. The van der Waals surface area contributed by atoms with E-state index in [1.54, 1.807) is 23.4 Å². The van der Waals surface area contributed by atoms with Gasteiger partial charge in [0.1, 0.15) is 17.9 Å². The van der Waals surface area contributed by atoms with E-state index in [2.05, 4.69) is 4.98 Å². The molecule has 2 N–H and O–H groups in total. The van der Waals surface area contributed by atoms with E-state index < -0.39 is 17.4 Å². The molecule has 1 saturated carbocycles. The van der Waals surface area contributed by atoms with Crippen molar-refractivity contribution in [1.82, 2.24) is 9.88 Å². The van der Waals surface area contributed by atoms with E-state index in [0.717, 1.165) is 18.4 Å². The SMILES string of the molecule is NC(=O)[C@@H]1C[C@H](Oc2cccnc2)CN1C(=O)C1(c2ccccc2)CC1. The molecule has 2 atom stereocenters. The lowest BCUT2D eigenvalue weighted by Crippen LogP contribution is -2.48. The molecule has 0 radical (unpaired) electrons. The Labute approximate surface area is 152 Å². The zero-order valence-electron chi connectivity index (χ0n) is 14.4. The molecule has 4 rings (SSSR count). The summed E-state index contributed by atoms with van der Waals surface area (Å²) in [5, 5.41) is 0. The molecule has 134 valence electrons. The van der Waals surface area contributed by atoms with Crippen molar-refractivity contribution in [2.75, 3.05) is 6.54 Å². The van der Waals surface area contributed by atoms with Crippen LogP contribution in [0.2, 0.25) is 0 Å². The maximum atomic E-state index is 13.3. The molecule has 0 bridgehead atoms. The number of ether oxygens (including phenoxy) is 1. The van der Waals surface area contributed by atoms with Crippen molar-refractivity contribution in [2.24, 2.45) is 5.73 Å². The molecular formula is C20H21N3O3. The average molecular weight is 351 g/mol. The third kappa shape index (κ3) is 2.92. The summed E-state index contributed by atoms with van der Waals surface area (Å²) in [7, 11) is 0. The normalized spacial score (nSPS) is 23.5. The fourth-order valence-corrected chi connectivity index (χ4v) is 3.77. The van der Waals surface area contributed by atoms with Gasteiger partial charge in [-0.05, 0) is 30.5 Å². The van der Waals surface area contributed by atoms with Crippen LogP contribution in [0.3, 0.4) is 0 Å². The molecule has 6 heteroatoms. The van der Waals surface area contributed by atoms with E-state index in [1.165, 1.54) is 0 Å². The number of pyridine rings is 1. The first kappa shape index (κ1) is 16.6.